The van der Waals surface area contributed by atoms with Crippen LogP contribution in [-0.2, 0) is 9.47 Å². The summed E-state index contributed by atoms with van der Waals surface area (Å²) in [6, 6.07) is 14.9. The molecule has 5 heteroatoms. The molecule has 2 aromatic carbocycles. The number of rotatable bonds is 7. The number of carbonyl (C=O) groups excluding carboxylic acids is 1. The monoisotopic (exact) mass is 420 g/mol. The van der Waals surface area contributed by atoms with E-state index in [2.05, 4.69) is 18.7 Å². The lowest BCUT2D eigenvalue weighted by Gasteiger charge is -2.33. The quantitative estimate of drug-likeness (QED) is 0.528. The molecular weight excluding hydrogens is 392 g/mol. The highest BCUT2D eigenvalue weighted by Crippen LogP contribution is 2.29. The minimum Gasteiger partial charge on any atom is -0.497 e. The second-order valence-corrected chi connectivity index (χ2v) is 7.52. The van der Waals surface area contributed by atoms with Crippen LogP contribution in [0, 0.1) is 6.92 Å². The van der Waals surface area contributed by atoms with Gasteiger partial charge in [0.05, 0.1) is 25.9 Å². The van der Waals surface area contributed by atoms with Crippen LogP contribution in [0.1, 0.15) is 28.4 Å². The smallest absolute Gasteiger partial charge is 0.338 e. The van der Waals surface area contributed by atoms with Crippen LogP contribution in [0.15, 0.2) is 77.9 Å². The van der Waals surface area contributed by atoms with Gasteiger partial charge in [-0.3, -0.25) is 0 Å². The molecule has 3 rings (SSSR count). The Bertz CT molecular complexity index is 983. The first-order valence-corrected chi connectivity index (χ1v) is 10.1. The van der Waals surface area contributed by atoms with E-state index < -0.39 is 18.2 Å². The molecule has 31 heavy (non-hydrogen) atoms. The molecule has 0 radical (unpaired) electrons. The van der Waals surface area contributed by atoms with Crippen molar-refractivity contribution in [2.75, 3.05) is 20.3 Å². The average Bonchev–Trinajstić information content (AvgIpc) is 2.79. The maximum absolute atomic E-state index is 12.7. The number of ether oxygens (including phenoxy) is 3. The van der Waals surface area contributed by atoms with Crippen molar-refractivity contribution < 1.29 is 24.1 Å². The van der Waals surface area contributed by atoms with Crippen molar-refractivity contribution in [1.82, 2.24) is 0 Å². The Kier molecular flexibility index (Phi) is 7.45. The number of benzene rings is 2. The maximum atomic E-state index is 12.7. The predicted molar refractivity (Wildman–Crippen MR) is 121 cm³/mol. The van der Waals surface area contributed by atoms with Gasteiger partial charge >= 0.3 is 5.97 Å². The van der Waals surface area contributed by atoms with Crippen LogP contribution in [0.2, 0.25) is 0 Å². The minimum absolute atomic E-state index is 0.253. The number of carbonyl (C=O) groups is 1. The Balaban J connectivity index is 1.78. The number of aryl methyl sites for hydroxylation is 1. The minimum atomic E-state index is -0.701. The summed E-state index contributed by atoms with van der Waals surface area (Å²) in [6.07, 6.45) is 2.58. The third kappa shape index (κ3) is 5.51. The molecule has 0 aromatic heterocycles. The molecule has 2 aromatic rings. The van der Waals surface area contributed by atoms with Crippen molar-refractivity contribution in [1.29, 1.82) is 0 Å². The zero-order valence-electron chi connectivity index (χ0n) is 18.1. The largest absolute Gasteiger partial charge is 0.497 e. The van der Waals surface area contributed by atoms with Gasteiger partial charge in [-0.05, 0) is 60.4 Å². The summed E-state index contributed by atoms with van der Waals surface area (Å²) in [4.78, 5) is 12.7. The normalized spacial score (nSPS) is 18.8. The third-order valence-electron chi connectivity index (χ3n) is 5.36. The van der Waals surface area contributed by atoms with Crippen molar-refractivity contribution in [3.8, 4) is 5.75 Å². The molecule has 0 aliphatic carbocycles. The molecule has 0 bridgehead atoms. The highest BCUT2D eigenvalue weighted by Gasteiger charge is 2.33. The van der Waals surface area contributed by atoms with Gasteiger partial charge in [0.15, 0.2) is 6.10 Å². The molecular formula is C26H28O5. The zero-order chi connectivity index (χ0) is 22.4. The summed E-state index contributed by atoms with van der Waals surface area (Å²) in [5.41, 5.74) is 5.13. The Hall–Kier alpha value is -3.15. The molecule has 1 heterocycles. The molecule has 0 fully saturated rings. The second kappa shape index (κ2) is 10.2. The molecule has 2 atom stereocenters. The van der Waals surface area contributed by atoms with Gasteiger partial charge < -0.3 is 19.3 Å². The number of methoxy groups -OCH3 is 1. The van der Waals surface area contributed by atoms with Gasteiger partial charge in [-0.2, -0.15) is 0 Å². The number of hydrogen-bond donors (Lipinski definition) is 1. The summed E-state index contributed by atoms with van der Waals surface area (Å²) in [7, 11) is 1.56. The van der Waals surface area contributed by atoms with Gasteiger partial charge in [-0.1, -0.05) is 48.6 Å². The fraction of sp³-hybridized carbons (Fsp3) is 0.269. The first-order chi connectivity index (χ1) is 14.9. The van der Waals surface area contributed by atoms with E-state index in [9.17, 15) is 9.90 Å². The molecule has 162 valence electrons. The second-order valence-electron chi connectivity index (χ2n) is 7.52. The first-order valence-electron chi connectivity index (χ1n) is 10.1. The van der Waals surface area contributed by atoms with E-state index in [-0.39, 0.29) is 6.61 Å². The SMILES string of the molecule is C=C(/C=C\c1ccc(C)cc1)C1=C(C)[C@H](OC(=O)c2ccc(OC)cc2)[C@@H](CO)OC1. The Morgan fingerprint density at radius 3 is 2.45 bits per heavy atom. The van der Waals surface area contributed by atoms with Gasteiger partial charge in [0, 0.05) is 0 Å². The Morgan fingerprint density at radius 1 is 1.16 bits per heavy atom. The van der Waals surface area contributed by atoms with Crippen LogP contribution in [0.25, 0.3) is 6.08 Å². The van der Waals surface area contributed by atoms with Crippen LogP contribution >= 0.6 is 0 Å². The van der Waals surface area contributed by atoms with Crippen LogP contribution in [0.5, 0.6) is 5.75 Å². The van der Waals surface area contributed by atoms with E-state index in [1.165, 1.54) is 5.56 Å². The molecule has 0 unspecified atom stereocenters. The van der Waals surface area contributed by atoms with Crippen molar-refractivity contribution >= 4 is 12.0 Å². The van der Waals surface area contributed by atoms with Gasteiger partial charge in [-0.25, -0.2) is 4.79 Å². The summed E-state index contributed by atoms with van der Waals surface area (Å²) >= 11 is 0. The fourth-order valence-corrected chi connectivity index (χ4v) is 3.39. The molecule has 0 saturated carbocycles. The van der Waals surface area contributed by atoms with Gasteiger partial charge in [-0.15, -0.1) is 0 Å². The van der Waals surface area contributed by atoms with Crippen molar-refractivity contribution in [3.63, 3.8) is 0 Å². The van der Waals surface area contributed by atoms with Crippen molar-refractivity contribution in [2.24, 2.45) is 0 Å². The number of aliphatic hydroxyl groups excluding tert-OH is 1. The topological polar surface area (TPSA) is 65.0 Å². The van der Waals surface area contributed by atoms with Crippen molar-refractivity contribution in [3.05, 3.63) is 94.6 Å². The predicted octanol–water partition coefficient (Wildman–Crippen LogP) is 4.51. The van der Waals surface area contributed by atoms with E-state index in [0.717, 1.165) is 22.3 Å². The highest BCUT2D eigenvalue weighted by atomic mass is 16.6. The van der Waals surface area contributed by atoms with E-state index in [1.807, 2.05) is 38.1 Å². The maximum Gasteiger partial charge on any atom is 0.338 e. The Morgan fingerprint density at radius 2 is 1.84 bits per heavy atom. The summed E-state index contributed by atoms with van der Waals surface area (Å²) in [5.74, 6) is 0.164. The standard InChI is InChI=1S/C26H28O5/c1-17-5-8-20(9-6-17)10-7-18(2)23-16-30-24(15-27)25(19(23)3)31-26(28)21-11-13-22(29-4)14-12-21/h5-14,24-25,27H,2,15-16H2,1,3-4H3/b10-7-/t24-,25+/m1/s1. The summed E-state index contributed by atoms with van der Waals surface area (Å²) in [6.45, 7) is 8.14. The number of allylic oxidation sites excluding steroid dienone is 1. The lowest BCUT2D eigenvalue weighted by atomic mass is 9.93. The van der Waals surface area contributed by atoms with E-state index >= 15 is 0 Å². The molecule has 0 amide bonds. The van der Waals surface area contributed by atoms with Gasteiger partial charge in [0.1, 0.15) is 11.9 Å². The van der Waals surface area contributed by atoms with E-state index in [4.69, 9.17) is 14.2 Å². The van der Waals surface area contributed by atoms with Crippen LogP contribution in [0.4, 0.5) is 0 Å². The molecule has 5 nitrogen and oxygen atoms in total. The molecule has 0 spiro atoms. The molecule has 1 aliphatic heterocycles. The van der Waals surface area contributed by atoms with E-state index in [0.29, 0.717) is 17.9 Å². The number of hydrogen-bond acceptors (Lipinski definition) is 5. The van der Waals surface area contributed by atoms with Crippen LogP contribution in [-0.4, -0.2) is 43.6 Å². The first kappa shape index (κ1) is 22.5. The lowest BCUT2D eigenvalue weighted by molar-refractivity contribution is -0.0638. The third-order valence-corrected chi connectivity index (χ3v) is 5.36. The van der Waals surface area contributed by atoms with Crippen LogP contribution in [0.3, 0.4) is 0 Å². The fourth-order valence-electron chi connectivity index (χ4n) is 3.39. The van der Waals surface area contributed by atoms with Gasteiger partial charge in [0.2, 0.25) is 0 Å². The number of aliphatic hydroxyl groups is 1. The van der Waals surface area contributed by atoms with E-state index in [1.54, 1.807) is 31.4 Å². The highest BCUT2D eigenvalue weighted by molar-refractivity contribution is 5.89. The zero-order valence-corrected chi connectivity index (χ0v) is 18.1. The van der Waals surface area contributed by atoms with Gasteiger partial charge in [0.25, 0.3) is 0 Å². The lowest BCUT2D eigenvalue weighted by Crippen LogP contribution is -2.41. The molecule has 1 aliphatic rings. The van der Waals surface area contributed by atoms with Crippen molar-refractivity contribution in [2.45, 2.75) is 26.1 Å². The Labute approximate surface area is 183 Å². The summed E-state index contributed by atoms with van der Waals surface area (Å²) in [5, 5.41) is 9.74. The van der Waals surface area contributed by atoms with Crippen LogP contribution < -0.4 is 4.74 Å². The average molecular weight is 421 g/mol. The molecule has 1 N–H and O–H groups in total. The molecule has 0 saturated heterocycles. The summed E-state index contributed by atoms with van der Waals surface area (Å²) < 4.78 is 16.6. The number of esters is 1.